The van der Waals surface area contributed by atoms with Gasteiger partial charge in [0.05, 0.1) is 18.7 Å². The molecule has 24 heavy (non-hydrogen) atoms. The second-order valence-electron chi connectivity index (χ2n) is 5.51. The molecule has 2 rings (SSSR count). The molecule has 0 saturated carbocycles. The van der Waals surface area contributed by atoms with Crippen LogP contribution in [-0.2, 0) is 0 Å². The first kappa shape index (κ1) is 18.5. The van der Waals surface area contributed by atoms with Gasteiger partial charge in [-0.1, -0.05) is 25.4 Å². The third kappa shape index (κ3) is 4.85. The highest BCUT2D eigenvalue weighted by molar-refractivity contribution is 9.10. The van der Waals surface area contributed by atoms with Crippen LogP contribution in [0.15, 0.2) is 34.9 Å². The molecule has 1 amide bonds. The van der Waals surface area contributed by atoms with Crippen molar-refractivity contribution in [2.24, 2.45) is 5.92 Å². The zero-order valence-electron chi connectivity index (χ0n) is 13.6. The lowest BCUT2D eigenvalue weighted by molar-refractivity contribution is 0.102. The molecule has 0 saturated heterocycles. The summed E-state index contributed by atoms with van der Waals surface area (Å²) in [6.07, 6.45) is 1.60. The van der Waals surface area contributed by atoms with Crippen LogP contribution in [0.25, 0.3) is 0 Å². The highest BCUT2D eigenvalue weighted by atomic mass is 79.9. The smallest absolute Gasteiger partial charge is 0.257 e. The Morgan fingerprint density at radius 3 is 2.71 bits per heavy atom. The number of aromatic nitrogens is 1. The van der Waals surface area contributed by atoms with E-state index in [1.165, 1.54) is 7.11 Å². The van der Waals surface area contributed by atoms with Gasteiger partial charge >= 0.3 is 0 Å². The minimum atomic E-state index is -0.333. The van der Waals surface area contributed by atoms with Gasteiger partial charge in [-0.25, -0.2) is 4.98 Å². The number of amides is 1. The van der Waals surface area contributed by atoms with Gasteiger partial charge in [0.2, 0.25) is 0 Å². The van der Waals surface area contributed by atoms with Crippen LogP contribution in [-0.4, -0.2) is 24.6 Å². The third-order valence-corrected chi connectivity index (χ3v) is 3.77. The Bertz CT molecular complexity index is 721. The largest absolute Gasteiger partial charge is 0.493 e. The van der Waals surface area contributed by atoms with Crippen LogP contribution in [0.1, 0.15) is 24.2 Å². The van der Waals surface area contributed by atoms with Crippen LogP contribution in [0.5, 0.6) is 11.5 Å². The van der Waals surface area contributed by atoms with Gasteiger partial charge in [0.25, 0.3) is 5.91 Å². The fraction of sp³-hybridized carbons (Fsp3) is 0.294. The molecule has 0 unspecified atom stereocenters. The normalized spacial score (nSPS) is 10.6. The molecule has 1 N–H and O–H groups in total. The Kier molecular flexibility index (Phi) is 6.45. The number of rotatable bonds is 6. The molecule has 0 spiro atoms. The van der Waals surface area contributed by atoms with Gasteiger partial charge in [0, 0.05) is 16.2 Å². The lowest BCUT2D eigenvalue weighted by atomic mass is 10.1. The summed E-state index contributed by atoms with van der Waals surface area (Å²) < 4.78 is 11.8. The van der Waals surface area contributed by atoms with E-state index >= 15 is 0 Å². The topological polar surface area (TPSA) is 60.5 Å². The number of halogens is 2. The van der Waals surface area contributed by atoms with E-state index in [4.69, 9.17) is 21.1 Å². The third-order valence-electron chi connectivity index (χ3n) is 3.02. The van der Waals surface area contributed by atoms with Gasteiger partial charge in [-0.15, -0.1) is 0 Å². The maximum atomic E-state index is 12.4. The fourth-order valence-electron chi connectivity index (χ4n) is 1.88. The average molecular weight is 414 g/mol. The van der Waals surface area contributed by atoms with Crippen molar-refractivity contribution in [3.8, 4) is 11.5 Å². The number of methoxy groups -OCH3 is 1. The van der Waals surface area contributed by atoms with E-state index < -0.39 is 0 Å². The maximum Gasteiger partial charge on any atom is 0.257 e. The number of carbonyl (C=O) groups excluding carboxylic acids is 1. The minimum Gasteiger partial charge on any atom is -0.493 e. The van der Waals surface area contributed by atoms with E-state index in [2.05, 4.69) is 26.2 Å². The first-order valence-corrected chi connectivity index (χ1v) is 8.51. The van der Waals surface area contributed by atoms with Crippen molar-refractivity contribution in [1.29, 1.82) is 0 Å². The van der Waals surface area contributed by atoms with Crippen LogP contribution in [0.3, 0.4) is 0 Å². The lowest BCUT2D eigenvalue weighted by Crippen LogP contribution is -2.13. The monoisotopic (exact) mass is 412 g/mol. The van der Waals surface area contributed by atoms with E-state index in [9.17, 15) is 4.79 Å². The molecule has 128 valence electrons. The number of benzene rings is 1. The van der Waals surface area contributed by atoms with Crippen molar-refractivity contribution in [2.75, 3.05) is 19.0 Å². The summed E-state index contributed by atoms with van der Waals surface area (Å²) in [6.45, 7) is 4.57. The number of ether oxygens (including phenoxy) is 2. The van der Waals surface area contributed by atoms with Gasteiger partial charge in [-0.2, -0.15) is 0 Å². The van der Waals surface area contributed by atoms with Crippen molar-refractivity contribution in [3.63, 3.8) is 0 Å². The molecule has 2 aromatic rings. The van der Waals surface area contributed by atoms with Crippen molar-refractivity contribution >= 4 is 39.3 Å². The number of hydrogen-bond donors (Lipinski definition) is 1. The SMILES string of the molecule is COc1cc(C(=O)Nc2ccc(Br)cn2)cc(Cl)c1OCC(C)C. The number of anilines is 1. The molecule has 1 aromatic carbocycles. The van der Waals surface area contributed by atoms with Crippen LogP contribution in [0, 0.1) is 5.92 Å². The van der Waals surface area contributed by atoms with Gasteiger partial charge in [-0.3, -0.25) is 4.79 Å². The maximum absolute atomic E-state index is 12.4. The van der Waals surface area contributed by atoms with Gasteiger partial charge in [0.1, 0.15) is 5.82 Å². The van der Waals surface area contributed by atoms with Crippen LogP contribution in [0.2, 0.25) is 5.02 Å². The summed E-state index contributed by atoms with van der Waals surface area (Å²) in [5.74, 6) is 1.30. The number of hydrogen-bond acceptors (Lipinski definition) is 4. The minimum absolute atomic E-state index is 0.323. The molecule has 0 radical (unpaired) electrons. The second kappa shape index (κ2) is 8.35. The first-order valence-electron chi connectivity index (χ1n) is 7.34. The number of nitrogens with one attached hydrogen (secondary N) is 1. The summed E-state index contributed by atoms with van der Waals surface area (Å²) in [6, 6.07) is 6.63. The van der Waals surface area contributed by atoms with Crippen molar-refractivity contribution in [3.05, 3.63) is 45.5 Å². The molecule has 1 heterocycles. The fourth-order valence-corrected chi connectivity index (χ4v) is 2.38. The van der Waals surface area contributed by atoms with Crippen LogP contribution < -0.4 is 14.8 Å². The predicted octanol–water partition coefficient (Wildman–Crippen LogP) is 4.79. The Morgan fingerprint density at radius 2 is 2.12 bits per heavy atom. The summed E-state index contributed by atoms with van der Waals surface area (Å²) in [7, 11) is 1.51. The van der Waals surface area contributed by atoms with Gasteiger partial charge in [0.15, 0.2) is 11.5 Å². The van der Waals surface area contributed by atoms with Crippen molar-refractivity contribution < 1.29 is 14.3 Å². The summed E-state index contributed by atoms with van der Waals surface area (Å²) in [5, 5.41) is 3.03. The molecule has 0 bridgehead atoms. The Labute approximate surface area is 154 Å². The zero-order chi connectivity index (χ0) is 17.7. The molecule has 0 aliphatic rings. The molecule has 7 heteroatoms. The molecule has 0 atom stereocenters. The molecule has 5 nitrogen and oxygen atoms in total. The van der Waals surface area contributed by atoms with E-state index in [1.807, 2.05) is 13.8 Å². The van der Waals surface area contributed by atoms with Crippen LogP contribution >= 0.6 is 27.5 Å². The highest BCUT2D eigenvalue weighted by Crippen LogP contribution is 2.36. The van der Waals surface area contributed by atoms with Crippen molar-refractivity contribution in [2.45, 2.75) is 13.8 Å². The van der Waals surface area contributed by atoms with Crippen molar-refractivity contribution in [1.82, 2.24) is 4.98 Å². The molecule has 0 aliphatic heterocycles. The van der Waals surface area contributed by atoms with E-state index in [0.717, 1.165) is 4.47 Å². The first-order chi connectivity index (χ1) is 11.4. The Balaban J connectivity index is 2.22. The summed E-state index contributed by atoms with van der Waals surface area (Å²) >= 11 is 9.55. The summed E-state index contributed by atoms with van der Waals surface area (Å²) in [5.41, 5.74) is 0.360. The Hall–Kier alpha value is -1.79. The van der Waals surface area contributed by atoms with Crippen LogP contribution in [0.4, 0.5) is 5.82 Å². The number of carbonyl (C=O) groups is 1. The number of nitrogens with zero attached hydrogens (tertiary/aromatic N) is 1. The Morgan fingerprint density at radius 1 is 1.38 bits per heavy atom. The molecule has 0 fully saturated rings. The molecule has 1 aromatic heterocycles. The molecule has 0 aliphatic carbocycles. The molecular weight excluding hydrogens is 396 g/mol. The second-order valence-corrected chi connectivity index (χ2v) is 6.83. The van der Waals surface area contributed by atoms with E-state index in [-0.39, 0.29) is 5.91 Å². The standard InChI is InChI=1S/C17H18BrClN2O3/c1-10(2)9-24-16-13(19)6-11(7-14(16)23-3)17(22)21-15-5-4-12(18)8-20-15/h4-8,10H,9H2,1-3H3,(H,20,21,22). The average Bonchev–Trinajstić information content (AvgIpc) is 2.54. The lowest BCUT2D eigenvalue weighted by Gasteiger charge is -2.15. The van der Waals surface area contributed by atoms with Gasteiger partial charge in [-0.05, 0) is 46.1 Å². The van der Waals surface area contributed by atoms with Gasteiger partial charge < -0.3 is 14.8 Å². The highest BCUT2D eigenvalue weighted by Gasteiger charge is 2.16. The van der Waals surface area contributed by atoms with E-state index in [1.54, 1.807) is 30.5 Å². The summed E-state index contributed by atoms with van der Waals surface area (Å²) in [4.78, 5) is 16.5. The molecular formula is C17H18BrClN2O3. The zero-order valence-corrected chi connectivity index (χ0v) is 15.9. The quantitative estimate of drug-likeness (QED) is 0.739. The van der Waals surface area contributed by atoms with E-state index in [0.29, 0.717) is 40.4 Å². The predicted molar refractivity (Wildman–Crippen MR) is 98.2 cm³/mol. The number of pyridine rings is 1.